The molecule has 1 aliphatic rings. The van der Waals surface area contributed by atoms with Gasteiger partial charge in [-0.1, -0.05) is 42.5 Å². The number of anilines is 1. The van der Waals surface area contributed by atoms with Gasteiger partial charge in [0.2, 0.25) is 15.8 Å². The van der Waals surface area contributed by atoms with Crippen molar-refractivity contribution in [1.29, 1.82) is 0 Å². The van der Waals surface area contributed by atoms with Crippen LogP contribution in [0.1, 0.15) is 33.9 Å². The molecule has 0 saturated heterocycles. The standard InChI is InChI=1S/C25H26N4O7S/c1-27-23(26)22(24(32)28(2)25(27)33)20(30)15-36-21(31)14-19-18-11-7-6-8-16(18)12-13-29(19)37(34,35)17-9-4-3-5-10-17/h3-11,19H,12-15,26H2,1-2H3. The van der Waals surface area contributed by atoms with Crippen LogP contribution in [-0.2, 0) is 40.1 Å². The van der Waals surface area contributed by atoms with Gasteiger partial charge in [0.15, 0.2) is 6.61 Å². The Kier molecular flexibility index (Phi) is 7.14. The molecule has 0 fully saturated rings. The molecule has 4 rings (SSSR count). The Labute approximate surface area is 212 Å². The minimum absolute atomic E-state index is 0.101. The molecule has 2 heterocycles. The molecule has 0 aliphatic carbocycles. The molecular weight excluding hydrogens is 500 g/mol. The lowest BCUT2D eigenvalue weighted by Gasteiger charge is -2.36. The number of Topliss-reactive ketones (excluding diaryl/α,β-unsaturated/α-hetero) is 1. The van der Waals surface area contributed by atoms with Crippen LogP contribution in [0.2, 0.25) is 0 Å². The smallest absolute Gasteiger partial charge is 0.332 e. The zero-order valence-corrected chi connectivity index (χ0v) is 21.1. The first-order valence-electron chi connectivity index (χ1n) is 11.4. The van der Waals surface area contributed by atoms with Crippen molar-refractivity contribution in [1.82, 2.24) is 13.4 Å². The molecule has 1 aliphatic heterocycles. The molecule has 1 aromatic heterocycles. The second-order valence-electron chi connectivity index (χ2n) is 8.65. The van der Waals surface area contributed by atoms with Crippen LogP contribution in [0, 0.1) is 0 Å². The SMILES string of the molecule is Cn1c(N)c(C(=O)COC(=O)CC2c3ccccc3CCN2S(=O)(=O)c2ccccc2)c(=O)n(C)c1=O. The summed E-state index contributed by atoms with van der Waals surface area (Å²) in [4.78, 5) is 50.1. The lowest BCUT2D eigenvalue weighted by Crippen LogP contribution is -2.42. The van der Waals surface area contributed by atoms with Gasteiger partial charge in [-0.15, -0.1) is 0 Å². The maximum Gasteiger partial charge on any atom is 0.332 e. The maximum absolute atomic E-state index is 13.4. The number of nitrogens with two attached hydrogens (primary N) is 1. The van der Waals surface area contributed by atoms with Gasteiger partial charge in [-0.05, 0) is 29.7 Å². The van der Waals surface area contributed by atoms with Crippen LogP contribution in [0.25, 0.3) is 0 Å². The average molecular weight is 527 g/mol. The minimum atomic E-state index is -3.93. The van der Waals surface area contributed by atoms with Gasteiger partial charge in [0.25, 0.3) is 5.56 Å². The van der Waals surface area contributed by atoms with Crippen molar-refractivity contribution in [3.05, 3.63) is 92.1 Å². The molecule has 1 unspecified atom stereocenters. The number of esters is 1. The summed E-state index contributed by atoms with van der Waals surface area (Å²) < 4.78 is 35.0. The molecule has 0 spiro atoms. The number of rotatable bonds is 7. The summed E-state index contributed by atoms with van der Waals surface area (Å²) >= 11 is 0. The van der Waals surface area contributed by atoms with Crippen molar-refractivity contribution in [3.8, 4) is 0 Å². The van der Waals surface area contributed by atoms with Crippen molar-refractivity contribution in [2.24, 2.45) is 14.1 Å². The Morgan fingerprint density at radius 3 is 2.35 bits per heavy atom. The van der Waals surface area contributed by atoms with E-state index in [9.17, 15) is 27.6 Å². The highest BCUT2D eigenvalue weighted by Crippen LogP contribution is 2.36. The molecule has 194 valence electrons. The molecule has 0 amide bonds. The lowest BCUT2D eigenvalue weighted by atomic mass is 9.92. The van der Waals surface area contributed by atoms with E-state index >= 15 is 0 Å². The number of carbonyl (C=O) groups is 2. The fourth-order valence-electron chi connectivity index (χ4n) is 4.41. The van der Waals surface area contributed by atoms with Crippen LogP contribution in [0.5, 0.6) is 0 Å². The molecule has 3 aromatic rings. The van der Waals surface area contributed by atoms with E-state index in [2.05, 4.69) is 0 Å². The summed E-state index contributed by atoms with van der Waals surface area (Å²) in [6.45, 7) is -0.633. The number of nitrogens with zero attached hydrogens (tertiary/aromatic N) is 3. The Bertz CT molecular complexity index is 1590. The van der Waals surface area contributed by atoms with Gasteiger partial charge in [0, 0.05) is 20.6 Å². The third-order valence-electron chi connectivity index (χ3n) is 6.43. The van der Waals surface area contributed by atoms with E-state index in [1.807, 2.05) is 12.1 Å². The average Bonchev–Trinajstić information content (AvgIpc) is 2.90. The van der Waals surface area contributed by atoms with Gasteiger partial charge < -0.3 is 10.5 Å². The molecule has 0 saturated carbocycles. The summed E-state index contributed by atoms with van der Waals surface area (Å²) in [6, 6.07) is 14.3. The lowest BCUT2D eigenvalue weighted by molar-refractivity contribution is -0.143. The van der Waals surface area contributed by atoms with E-state index in [-0.39, 0.29) is 23.7 Å². The fraction of sp³-hybridized carbons (Fsp3) is 0.280. The Morgan fingerprint density at radius 2 is 1.65 bits per heavy atom. The molecule has 2 N–H and O–H groups in total. The highest BCUT2D eigenvalue weighted by molar-refractivity contribution is 7.89. The normalized spacial score (nSPS) is 15.7. The van der Waals surface area contributed by atoms with Gasteiger partial charge in [0.05, 0.1) is 17.4 Å². The largest absolute Gasteiger partial charge is 0.457 e. The topological polar surface area (TPSA) is 151 Å². The van der Waals surface area contributed by atoms with Crippen LogP contribution < -0.4 is 17.0 Å². The number of nitrogen functional groups attached to an aromatic ring is 1. The van der Waals surface area contributed by atoms with E-state index in [1.165, 1.54) is 30.5 Å². The molecule has 11 nitrogen and oxygen atoms in total. The molecule has 1 atom stereocenters. The first kappa shape index (κ1) is 26.0. The second kappa shape index (κ2) is 10.1. The Hall–Kier alpha value is -4.03. The van der Waals surface area contributed by atoms with E-state index in [0.29, 0.717) is 12.0 Å². The number of fused-ring (bicyclic) bond motifs is 1. The summed E-state index contributed by atoms with van der Waals surface area (Å²) in [5, 5.41) is 0. The van der Waals surface area contributed by atoms with Crippen molar-refractivity contribution in [2.75, 3.05) is 18.9 Å². The first-order valence-corrected chi connectivity index (χ1v) is 12.9. The van der Waals surface area contributed by atoms with Crippen molar-refractivity contribution in [2.45, 2.75) is 23.8 Å². The maximum atomic E-state index is 13.4. The highest BCUT2D eigenvalue weighted by atomic mass is 32.2. The van der Waals surface area contributed by atoms with Crippen molar-refractivity contribution >= 4 is 27.6 Å². The van der Waals surface area contributed by atoms with Gasteiger partial charge in [-0.2, -0.15) is 4.31 Å². The van der Waals surface area contributed by atoms with E-state index in [0.717, 1.165) is 14.7 Å². The molecule has 2 aromatic carbocycles. The van der Waals surface area contributed by atoms with E-state index in [1.54, 1.807) is 30.3 Å². The third kappa shape index (κ3) is 4.85. The Balaban J connectivity index is 1.58. The Morgan fingerprint density at radius 1 is 1.00 bits per heavy atom. The number of hydrogen-bond acceptors (Lipinski definition) is 8. The monoisotopic (exact) mass is 526 g/mol. The van der Waals surface area contributed by atoms with Crippen molar-refractivity contribution < 1.29 is 22.7 Å². The van der Waals surface area contributed by atoms with Crippen LogP contribution in [-0.4, -0.2) is 46.8 Å². The number of ether oxygens (including phenoxy) is 1. The summed E-state index contributed by atoms with van der Waals surface area (Å²) in [6.07, 6.45) is 0.124. The summed E-state index contributed by atoms with van der Waals surface area (Å²) in [5.74, 6) is -2.04. The minimum Gasteiger partial charge on any atom is -0.457 e. The van der Waals surface area contributed by atoms with E-state index in [4.69, 9.17) is 10.5 Å². The fourth-order valence-corrected chi connectivity index (χ4v) is 6.04. The van der Waals surface area contributed by atoms with Gasteiger partial charge in [-0.3, -0.25) is 23.5 Å². The molecule has 37 heavy (non-hydrogen) atoms. The van der Waals surface area contributed by atoms with Crippen LogP contribution in [0.3, 0.4) is 0 Å². The van der Waals surface area contributed by atoms with Crippen LogP contribution in [0.15, 0.2) is 69.1 Å². The summed E-state index contributed by atoms with van der Waals surface area (Å²) in [5.41, 5.74) is 5.32. The number of sulfonamides is 1. The first-order chi connectivity index (χ1) is 17.5. The second-order valence-corrected chi connectivity index (χ2v) is 10.5. The van der Waals surface area contributed by atoms with Gasteiger partial charge in [-0.25, -0.2) is 13.2 Å². The number of benzene rings is 2. The number of carbonyl (C=O) groups excluding carboxylic acids is 2. The quantitative estimate of drug-likeness (QED) is 0.350. The van der Waals surface area contributed by atoms with Gasteiger partial charge >= 0.3 is 11.7 Å². The molecule has 0 radical (unpaired) electrons. The van der Waals surface area contributed by atoms with Gasteiger partial charge in [0.1, 0.15) is 11.4 Å². The van der Waals surface area contributed by atoms with Crippen LogP contribution >= 0.6 is 0 Å². The number of aromatic nitrogens is 2. The molecule has 12 heteroatoms. The third-order valence-corrected chi connectivity index (χ3v) is 8.35. The molecule has 0 bridgehead atoms. The summed E-state index contributed by atoms with van der Waals surface area (Å²) in [7, 11) is -1.42. The van der Waals surface area contributed by atoms with E-state index < -0.39 is 51.2 Å². The number of hydrogen-bond donors (Lipinski definition) is 1. The molecular formula is C25H26N4O7S. The zero-order chi connectivity index (χ0) is 26.9. The highest BCUT2D eigenvalue weighted by Gasteiger charge is 2.38. The van der Waals surface area contributed by atoms with Crippen molar-refractivity contribution in [3.63, 3.8) is 0 Å². The predicted molar refractivity (Wildman–Crippen MR) is 134 cm³/mol. The number of ketones is 1. The zero-order valence-electron chi connectivity index (χ0n) is 20.3. The van der Waals surface area contributed by atoms with Crippen LogP contribution in [0.4, 0.5) is 5.82 Å². The predicted octanol–water partition coefficient (Wildman–Crippen LogP) is 0.770.